The molecule has 0 saturated carbocycles. The van der Waals surface area contributed by atoms with Crippen LogP contribution in [0.5, 0.6) is 0 Å². The lowest BCUT2D eigenvalue weighted by Gasteiger charge is -2.04. The number of carbonyl (C=O) groups is 2. The molecule has 0 aromatic heterocycles. The summed E-state index contributed by atoms with van der Waals surface area (Å²) in [5.74, 6) is 0.00958. The Labute approximate surface area is 117 Å². The molecule has 108 valence electrons. The maximum absolute atomic E-state index is 11.2. The molecule has 0 radical (unpaired) electrons. The van der Waals surface area contributed by atoms with Crippen LogP contribution in [0.3, 0.4) is 0 Å². The molecule has 0 aromatic carbocycles. The third kappa shape index (κ3) is 11.8. The normalized spacial score (nSPS) is 10.4. The molecule has 19 heavy (non-hydrogen) atoms. The minimum Gasteiger partial charge on any atom is -0.352 e. The summed E-state index contributed by atoms with van der Waals surface area (Å²) in [5, 5.41) is 2.80. The van der Waals surface area contributed by atoms with Gasteiger partial charge in [0.25, 0.3) is 0 Å². The first kappa shape index (κ1) is 18.0. The van der Waals surface area contributed by atoms with Crippen molar-refractivity contribution in [3.8, 4) is 0 Å². The maximum atomic E-state index is 11.2. The van der Waals surface area contributed by atoms with Crippen molar-refractivity contribution in [2.24, 2.45) is 0 Å². The lowest BCUT2D eigenvalue weighted by Crippen LogP contribution is -2.24. The average Bonchev–Trinajstić information content (AvgIpc) is 2.36. The van der Waals surface area contributed by atoms with Crippen molar-refractivity contribution < 1.29 is 14.2 Å². The molecule has 0 atom stereocenters. The molecule has 0 spiro atoms. The molecule has 0 heterocycles. The van der Waals surface area contributed by atoms with Crippen LogP contribution in [0.4, 0.5) is 0 Å². The van der Waals surface area contributed by atoms with Crippen LogP contribution in [0.15, 0.2) is 12.2 Å². The Bertz CT molecular complexity index is 316. The van der Waals surface area contributed by atoms with Crippen LogP contribution in [0.2, 0.25) is 0 Å². The van der Waals surface area contributed by atoms with Gasteiger partial charge in [-0.3, -0.25) is 14.2 Å². The van der Waals surface area contributed by atoms with Gasteiger partial charge in [-0.1, -0.05) is 32.3 Å². The van der Waals surface area contributed by atoms with Crippen LogP contribution in [-0.4, -0.2) is 24.4 Å². The van der Waals surface area contributed by atoms with Gasteiger partial charge in [0, 0.05) is 18.5 Å². The summed E-state index contributed by atoms with van der Waals surface area (Å²) in [6, 6.07) is 0. The van der Waals surface area contributed by atoms with Crippen molar-refractivity contribution in [2.45, 2.75) is 51.9 Å². The summed E-state index contributed by atoms with van der Waals surface area (Å²) in [4.78, 5) is 22.3. The third-order valence-electron chi connectivity index (χ3n) is 2.80. The first-order valence-electron chi connectivity index (χ1n) is 6.82. The summed E-state index contributed by atoms with van der Waals surface area (Å²) < 4.78 is 10.2. The second kappa shape index (κ2) is 12.0. The van der Waals surface area contributed by atoms with Gasteiger partial charge in [0.05, 0.1) is 6.16 Å². The van der Waals surface area contributed by atoms with E-state index < -0.39 is 0 Å². The van der Waals surface area contributed by atoms with Crippen molar-refractivity contribution in [1.82, 2.24) is 5.32 Å². The molecule has 5 heteroatoms. The molecule has 0 fully saturated rings. The molecule has 0 aliphatic carbocycles. The minimum absolute atomic E-state index is 0.0716. The largest absolute Gasteiger partial charge is 0.352 e. The van der Waals surface area contributed by atoms with E-state index in [4.69, 9.17) is 0 Å². The number of rotatable bonds is 12. The van der Waals surface area contributed by atoms with Crippen molar-refractivity contribution >= 4 is 20.2 Å². The monoisotopic (exact) mass is 285 g/mol. The number of unbranched alkanes of at least 4 members (excludes halogenated alkanes) is 5. The van der Waals surface area contributed by atoms with Crippen molar-refractivity contribution in [1.29, 1.82) is 0 Å². The molecule has 0 aliphatic heterocycles. The van der Waals surface area contributed by atoms with Crippen LogP contribution in [0.25, 0.3) is 0 Å². The minimum atomic E-state index is -0.0730. The number of ketones is 1. The number of hydrogen-bond acceptors (Lipinski definition) is 3. The summed E-state index contributed by atoms with van der Waals surface area (Å²) in [5.41, 5.74) is 0.544. The molecule has 4 nitrogen and oxygen atoms in total. The Morgan fingerprint density at radius 2 is 1.63 bits per heavy atom. The number of carbonyl (C=O) groups excluding carboxylic acids is 2. The Kier molecular flexibility index (Phi) is 11.4. The van der Waals surface area contributed by atoms with Crippen molar-refractivity contribution in [3.63, 3.8) is 0 Å². The summed E-state index contributed by atoms with van der Waals surface area (Å²) in [6.45, 7) is 5.97. The quantitative estimate of drug-likeness (QED) is 0.340. The molecule has 1 N–H and O–H groups in total. The molecule has 1 amide bonds. The van der Waals surface area contributed by atoms with Crippen molar-refractivity contribution in [3.05, 3.63) is 12.2 Å². The third-order valence-corrected chi connectivity index (χ3v) is 3.28. The van der Waals surface area contributed by atoms with Crippen LogP contribution in [-0.2, 0) is 14.2 Å². The van der Waals surface area contributed by atoms with Gasteiger partial charge in [-0.25, -0.2) is 0 Å². The number of Topliss-reactive ketones (excluding diaryl/α,β-unsaturated/α-hetero) is 1. The van der Waals surface area contributed by atoms with E-state index in [9.17, 15) is 14.2 Å². The van der Waals surface area contributed by atoms with Crippen LogP contribution in [0, 0.1) is 0 Å². The fourth-order valence-corrected chi connectivity index (χ4v) is 1.96. The Hall–Kier alpha value is -1.02. The second-order valence-corrected chi connectivity index (χ2v) is 5.31. The predicted octanol–water partition coefficient (Wildman–Crippen LogP) is 3.27. The van der Waals surface area contributed by atoms with Gasteiger partial charge in [0.15, 0.2) is 8.46 Å². The Morgan fingerprint density at radius 1 is 1.05 bits per heavy atom. The van der Waals surface area contributed by atoms with Gasteiger partial charge in [-0.05, 0) is 19.8 Å². The van der Waals surface area contributed by atoms with Crippen LogP contribution >= 0.6 is 8.46 Å². The van der Waals surface area contributed by atoms with E-state index in [1.165, 1.54) is 0 Å². The van der Waals surface area contributed by atoms with Gasteiger partial charge in [0.2, 0.25) is 5.91 Å². The lowest BCUT2D eigenvalue weighted by molar-refractivity contribution is -0.117. The fraction of sp³-hybridized carbons (Fsp3) is 0.714. The molecule has 0 saturated heterocycles. The highest BCUT2D eigenvalue weighted by Crippen LogP contribution is 2.08. The second-order valence-electron chi connectivity index (χ2n) is 4.73. The lowest BCUT2D eigenvalue weighted by atomic mass is 10.1. The van der Waals surface area contributed by atoms with Gasteiger partial charge >= 0.3 is 0 Å². The van der Waals surface area contributed by atoms with Gasteiger partial charge in [0.1, 0.15) is 5.78 Å². The van der Waals surface area contributed by atoms with E-state index in [2.05, 4.69) is 11.9 Å². The highest BCUT2D eigenvalue weighted by Gasteiger charge is 2.01. The van der Waals surface area contributed by atoms with E-state index in [-0.39, 0.29) is 26.3 Å². The number of amides is 1. The van der Waals surface area contributed by atoms with E-state index in [0.29, 0.717) is 18.5 Å². The van der Waals surface area contributed by atoms with Gasteiger partial charge in [-0.15, -0.1) is 0 Å². The standard InChI is InChI=1S/C14H24NO3P/c1-12(2)14(17)15-10-8-6-4-3-5-7-9-13(16)11-19-18/h1,3-11H2,2H3,(H,15,17). The average molecular weight is 285 g/mol. The Balaban J connectivity index is 3.23. The molecule has 0 rings (SSSR count). The van der Waals surface area contributed by atoms with Gasteiger partial charge < -0.3 is 5.32 Å². The highest BCUT2D eigenvalue weighted by molar-refractivity contribution is 7.25. The molecule has 0 bridgehead atoms. The zero-order valence-corrected chi connectivity index (χ0v) is 12.6. The topological polar surface area (TPSA) is 63.2 Å². The molecule has 0 aromatic rings. The summed E-state index contributed by atoms with van der Waals surface area (Å²) in [7, 11) is -0.0716. The number of nitrogens with one attached hydrogen (secondary N) is 1. The summed E-state index contributed by atoms with van der Waals surface area (Å²) in [6.07, 6.45) is 6.93. The van der Waals surface area contributed by atoms with Crippen molar-refractivity contribution in [2.75, 3.05) is 12.7 Å². The van der Waals surface area contributed by atoms with Crippen LogP contribution in [0.1, 0.15) is 51.9 Å². The predicted molar refractivity (Wildman–Crippen MR) is 77.6 cm³/mol. The molecule has 0 unspecified atom stereocenters. The zero-order valence-electron chi connectivity index (χ0n) is 11.7. The SMILES string of the molecule is C=C(C)C(=O)NCCCCCCCCC(=O)CP=O. The van der Waals surface area contributed by atoms with E-state index in [1.807, 2.05) is 0 Å². The number of hydrogen-bond donors (Lipinski definition) is 1. The molecule has 0 aliphatic rings. The highest BCUT2D eigenvalue weighted by atomic mass is 31.1. The van der Waals surface area contributed by atoms with Gasteiger partial charge in [-0.2, -0.15) is 0 Å². The molecular formula is C14H24NO3P. The first-order chi connectivity index (χ1) is 9.07. The first-order valence-corrected chi connectivity index (χ1v) is 7.82. The Morgan fingerprint density at radius 3 is 2.21 bits per heavy atom. The fourth-order valence-electron chi connectivity index (χ4n) is 1.66. The maximum Gasteiger partial charge on any atom is 0.246 e. The van der Waals surface area contributed by atoms with Crippen LogP contribution < -0.4 is 5.32 Å². The smallest absolute Gasteiger partial charge is 0.246 e. The summed E-state index contributed by atoms with van der Waals surface area (Å²) >= 11 is 0. The van der Waals surface area contributed by atoms with E-state index in [1.54, 1.807) is 6.92 Å². The van der Waals surface area contributed by atoms with E-state index >= 15 is 0 Å². The molecular weight excluding hydrogens is 261 g/mol. The van der Waals surface area contributed by atoms with E-state index in [0.717, 1.165) is 38.5 Å². The zero-order chi connectivity index (χ0) is 14.5.